The van der Waals surface area contributed by atoms with Crippen LogP contribution in [0.4, 0.5) is 5.82 Å². The van der Waals surface area contributed by atoms with Crippen molar-refractivity contribution in [2.24, 2.45) is 0 Å². The molecule has 0 saturated heterocycles. The van der Waals surface area contributed by atoms with Crippen LogP contribution in [0.1, 0.15) is 37.6 Å². The first-order valence-corrected chi connectivity index (χ1v) is 6.02. The summed E-state index contributed by atoms with van der Waals surface area (Å²) in [5, 5.41) is 14.5. The molecule has 0 unspecified atom stereocenters. The molecule has 0 bridgehead atoms. The zero-order valence-corrected chi connectivity index (χ0v) is 11.4. The van der Waals surface area contributed by atoms with Gasteiger partial charge in [-0.2, -0.15) is 0 Å². The highest BCUT2D eigenvalue weighted by Gasteiger charge is 2.13. The van der Waals surface area contributed by atoms with Crippen molar-refractivity contribution < 1.29 is 14.7 Å². The maximum atomic E-state index is 11.5. The molecule has 1 aromatic heterocycles. The molecule has 0 atom stereocenters. The molecule has 0 aliphatic heterocycles. The van der Waals surface area contributed by atoms with Crippen LogP contribution >= 0.6 is 0 Å². The van der Waals surface area contributed by atoms with Crippen molar-refractivity contribution in [2.75, 3.05) is 11.9 Å². The van der Waals surface area contributed by atoms with Crippen LogP contribution < -0.4 is 10.6 Å². The third-order valence-electron chi connectivity index (χ3n) is 2.18. The van der Waals surface area contributed by atoms with Gasteiger partial charge in [-0.15, -0.1) is 0 Å². The summed E-state index contributed by atoms with van der Waals surface area (Å²) in [6.07, 6.45) is 1.61. The van der Waals surface area contributed by atoms with Crippen molar-refractivity contribution in [1.82, 2.24) is 10.3 Å². The van der Waals surface area contributed by atoms with Crippen LogP contribution in [0.15, 0.2) is 18.3 Å². The third-order valence-corrected chi connectivity index (χ3v) is 2.18. The summed E-state index contributed by atoms with van der Waals surface area (Å²) in [6, 6.07) is 3.04. The Hall–Kier alpha value is -2.11. The molecule has 0 saturated carbocycles. The van der Waals surface area contributed by atoms with Crippen molar-refractivity contribution in [1.29, 1.82) is 0 Å². The van der Waals surface area contributed by atoms with Crippen molar-refractivity contribution in [3.05, 3.63) is 23.9 Å². The molecule has 104 valence electrons. The standard InChI is InChI=1S/C13H19N3O3/c1-13(2,3)16-11(17)6-7-14-10-5-4-9(8-15-10)12(18)19/h4-5,8H,6-7H2,1-3H3,(H,14,15)(H,16,17)(H,18,19). The van der Waals surface area contributed by atoms with E-state index < -0.39 is 5.97 Å². The Morgan fingerprint density at radius 2 is 2.00 bits per heavy atom. The Balaban J connectivity index is 2.37. The molecule has 6 nitrogen and oxygen atoms in total. The van der Waals surface area contributed by atoms with Gasteiger partial charge in [-0.1, -0.05) is 0 Å². The van der Waals surface area contributed by atoms with E-state index in [2.05, 4.69) is 15.6 Å². The van der Waals surface area contributed by atoms with Crippen LogP contribution in [-0.4, -0.2) is 34.1 Å². The predicted molar refractivity (Wildman–Crippen MR) is 72.2 cm³/mol. The Kier molecular flexibility index (Phi) is 4.86. The molecule has 0 aliphatic carbocycles. The lowest BCUT2D eigenvalue weighted by Gasteiger charge is -2.20. The summed E-state index contributed by atoms with van der Waals surface area (Å²) in [5.41, 5.74) is -0.102. The highest BCUT2D eigenvalue weighted by atomic mass is 16.4. The van der Waals surface area contributed by atoms with Crippen LogP contribution in [0.3, 0.4) is 0 Å². The quantitative estimate of drug-likeness (QED) is 0.750. The molecule has 0 spiro atoms. The Bertz CT molecular complexity index is 449. The van der Waals surface area contributed by atoms with Crippen LogP contribution in [0.25, 0.3) is 0 Å². The van der Waals surface area contributed by atoms with Gasteiger partial charge in [0, 0.05) is 24.7 Å². The summed E-state index contributed by atoms with van der Waals surface area (Å²) < 4.78 is 0. The zero-order chi connectivity index (χ0) is 14.5. The molecular formula is C13H19N3O3. The van der Waals surface area contributed by atoms with Gasteiger partial charge in [0.15, 0.2) is 0 Å². The fourth-order valence-corrected chi connectivity index (χ4v) is 1.41. The van der Waals surface area contributed by atoms with E-state index in [1.165, 1.54) is 12.3 Å². The number of carbonyl (C=O) groups is 2. The van der Waals surface area contributed by atoms with E-state index in [-0.39, 0.29) is 17.0 Å². The Labute approximate surface area is 112 Å². The second-order valence-electron chi connectivity index (χ2n) is 5.21. The Morgan fingerprint density at radius 3 is 2.47 bits per heavy atom. The zero-order valence-electron chi connectivity index (χ0n) is 11.4. The van der Waals surface area contributed by atoms with Gasteiger partial charge < -0.3 is 15.7 Å². The summed E-state index contributed by atoms with van der Waals surface area (Å²) >= 11 is 0. The average Bonchev–Trinajstić information content (AvgIpc) is 2.27. The van der Waals surface area contributed by atoms with Crippen molar-refractivity contribution in [3.63, 3.8) is 0 Å². The van der Waals surface area contributed by atoms with Gasteiger partial charge in [0.05, 0.1) is 5.56 Å². The van der Waals surface area contributed by atoms with E-state index in [9.17, 15) is 9.59 Å². The molecule has 3 N–H and O–H groups in total. The maximum Gasteiger partial charge on any atom is 0.337 e. The predicted octanol–water partition coefficient (Wildman–Crippen LogP) is 1.50. The summed E-state index contributed by atoms with van der Waals surface area (Å²) in [6.45, 7) is 6.21. The number of carboxylic acid groups (broad SMARTS) is 1. The van der Waals surface area contributed by atoms with Crippen LogP contribution in [-0.2, 0) is 4.79 Å². The van der Waals surface area contributed by atoms with Gasteiger partial charge in [-0.05, 0) is 32.9 Å². The first-order chi connectivity index (χ1) is 8.78. The molecule has 0 aromatic carbocycles. The number of nitrogens with one attached hydrogen (secondary N) is 2. The number of amides is 1. The monoisotopic (exact) mass is 265 g/mol. The summed E-state index contributed by atoms with van der Waals surface area (Å²) in [7, 11) is 0. The lowest BCUT2D eigenvalue weighted by molar-refractivity contribution is -0.122. The average molecular weight is 265 g/mol. The molecule has 0 aliphatic rings. The number of carbonyl (C=O) groups excluding carboxylic acids is 1. The second-order valence-corrected chi connectivity index (χ2v) is 5.21. The van der Waals surface area contributed by atoms with Crippen molar-refractivity contribution in [2.45, 2.75) is 32.7 Å². The van der Waals surface area contributed by atoms with Gasteiger partial charge >= 0.3 is 5.97 Å². The second kappa shape index (κ2) is 6.17. The van der Waals surface area contributed by atoms with E-state index in [1.54, 1.807) is 6.07 Å². The molecular weight excluding hydrogens is 246 g/mol. The number of pyridine rings is 1. The number of rotatable bonds is 5. The van der Waals surface area contributed by atoms with E-state index in [1.807, 2.05) is 20.8 Å². The van der Waals surface area contributed by atoms with Gasteiger partial charge in [-0.3, -0.25) is 4.79 Å². The molecule has 0 radical (unpaired) electrons. The molecule has 0 fully saturated rings. The van der Waals surface area contributed by atoms with Crippen molar-refractivity contribution in [3.8, 4) is 0 Å². The van der Waals surface area contributed by atoms with Gasteiger partial charge in [0.25, 0.3) is 0 Å². The minimum absolute atomic E-state index is 0.0397. The van der Waals surface area contributed by atoms with E-state index >= 15 is 0 Å². The molecule has 6 heteroatoms. The topological polar surface area (TPSA) is 91.3 Å². The third kappa shape index (κ3) is 5.85. The SMILES string of the molecule is CC(C)(C)NC(=O)CCNc1ccc(C(=O)O)cn1. The number of hydrogen-bond acceptors (Lipinski definition) is 4. The minimum atomic E-state index is -1.01. The number of nitrogens with zero attached hydrogens (tertiary/aromatic N) is 1. The fourth-order valence-electron chi connectivity index (χ4n) is 1.41. The smallest absolute Gasteiger partial charge is 0.337 e. The first-order valence-electron chi connectivity index (χ1n) is 6.02. The highest BCUT2D eigenvalue weighted by Crippen LogP contribution is 2.05. The minimum Gasteiger partial charge on any atom is -0.478 e. The van der Waals surface area contributed by atoms with Crippen LogP contribution in [0.5, 0.6) is 0 Å². The number of anilines is 1. The molecule has 1 aromatic rings. The maximum absolute atomic E-state index is 11.5. The van der Waals surface area contributed by atoms with Gasteiger partial charge in [-0.25, -0.2) is 9.78 Å². The van der Waals surface area contributed by atoms with Crippen molar-refractivity contribution >= 4 is 17.7 Å². The molecule has 1 heterocycles. The van der Waals surface area contributed by atoms with Crippen LogP contribution in [0, 0.1) is 0 Å². The largest absolute Gasteiger partial charge is 0.478 e. The summed E-state index contributed by atoms with van der Waals surface area (Å²) in [5.74, 6) is -0.501. The summed E-state index contributed by atoms with van der Waals surface area (Å²) in [4.78, 5) is 26.1. The van der Waals surface area contributed by atoms with E-state index in [0.29, 0.717) is 18.8 Å². The van der Waals surface area contributed by atoms with Crippen LogP contribution in [0.2, 0.25) is 0 Å². The number of hydrogen-bond donors (Lipinski definition) is 3. The number of aromatic carboxylic acids is 1. The van der Waals surface area contributed by atoms with Gasteiger partial charge in [0.1, 0.15) is 5.82 Å². The number of carboxylic acids is 1. The Morgan fingerprint density at radius 1 is 1.32 bits per heavy atom. The molecule has 19 heavy (non-hydrogen) atoms. The fraction of sp³-hybridized carbons (Fsp3) is 0.462. The number of aromatic nitrogens is 1. The lowest BCUT2D eigenvalue weighted by atomic mass is 10.1. The molecule has 1 amide bonds. The lowest BCUT2D eigenvalue weighted by Crippen LogP contribution is -2.41. The van der Waals surface area contributed by atoms with E-state index in [0.717, 1.165) is 0 Å². The normalized spacial score (nSPS) is 10.9. The van der Waals surface area contributed by atoms with Gasteiger partial charge in [0.2, 0.25) is 5.91 Å². The first kappa shape index (κ1) is 14.9. The highest BCUT2D eigenvalue weighted by molar-refractivity contribution is 5.87. The van der Waals surface area contributed by atoms with E-state index in [4.69, 9.17) is 5.11 Å². The molecule has 1 rings (SSSR count).